The summed E-state index contributed by atoms with van der Waals surface area (Å²) in [6.45, 7) is 5.61. The van der Waals surface area contributed by atoms with Crippen molar-refractivity contribution in [1.82, 2.24) is 20.4 Å². The van der Waals surface area contributed by atoms with Crippen LogP contribution in [0.1, 0.15) is 32.4 Å². The molecule has 2 aromatic rings. The van der Waals surface area contributed by atoms with E-state index in [4.69, 9.17) is 0 Å². The number of amides is 2. The highest BCUT2D eigenvalue weighted by Gasteiger charge is 2.23. The van der Waals surface area contributed by atoms with Gasteiger partial charge in [0.1, 0.15) is 0 Å². The molecular weight excluding hydrogens is 292 g/mol. The number of benzene rings is 1. The molecule has 0 saturated carbocycles. The second-order valence-electron chi connectivity index (χ2n) is 6.32. The molecular formula is C17H22N4O2. The molecule has 0 aliphatic heterocycles. The van der Waals surface area contributed by atoms with E-state index in [9.17, 15) is 9.59 Å². The van der Waals surface area contributed by atoms with Crippen molar-refractivity contribution >= 4 is 11.8 Å². The Morgan fingerprint density at radius 3 is 2.43 bits per heavy atom. The van der Waals surface area contributed by atoms with E-state index >= 15 is 0 Å². The molecule has 2 N–H and O–H groups in total. The summed E-state index contributed by atoms with van der Waals surface area (Å²) in [4.78, 5) is 24.4. The summed E-state index contributed by atoms with van der Waals surface area (Å²) in [6, 6.07) is 10.5. The quantitative estimate of drug-likeness (QED) is 0.878. The number of hydrogen-bond donors (Lipinski definition) is 2. The molecule has 0 spiro atoms. The van der Waals surface area contributed by atoms with Crippen molar-refractivity contribution in [3.8, 4) is 0 Å². The monoisotopic (exact) mass is 314 g/mol. The molecule has 0 radical (unpaired) electrons. The van der Waals surface area contributed by atoms with E-state index in [0.717, 1.165) is 5.56 Å². The summed E-state index contributed by atoms with van der Waals surface area (Å²) in [5.41, 5.74) is 0.479. The van der Waals surface area contributed by atoms with Gasteiger partial charge in [-0.15, -0.1) is 0 Å². The van der Waals surface area contributed by atoms with Crippen molar-refractivity contribution in [2.75, 3.05) is 6.54 Å². The Balaban J connectivity index is 2.08. The molecule has 6 nitrogen and oxygen atoms in total. The van der Waals surface area contributed by atoms with Gasteiger partial charge >= 0.3 is 0 Å². The van der Waals surface area contributed by atoms with Crippen LogP contribution in [0.2, 0.25) is 0 Å². The third-order valence-electron chi connectivity index (χ3n) is 3.09. The zero-order valence-electron chi connectivity index (χ0n) is 13.6. The van der Waals surface area contributed by atoms with Crippen molar-refractivity contribution in [1.29, 1.82) is 0 Å². The first-order valence-electron chi connectivity index (χ1n) is 7.49. The van der Waals surface area contributed by atoms with Crippen molar-refractivity contribution in [2.24, 2.45) is 0 Å². The highest BCUT2D eigenvalue weighted by Crippen LogP contribution is 2.17. The Bertz CT molecular complexity index is 645. The summed E-state index contributed by atoms with van der Waals surface area (Å²) >= 11 is 0. The van der Waals surface area contributed by atoms with E-state index in [-0.39, 0.29) is 23.9 Å². The van der Waals surface area contributed by atoms with Gasteiger partial charge in [-0.05, 0) is 32.4 Å². The number of rotatable bonds is 5. The van der Waals surface area contributed by atoms with Crippen LogP contribution in [0.4, 0.5) is 0 Å². The Morgan fingerprint density at radius 2 is 1.87 bits per heavy atom. The maximum absolute atomic E-state index is 12.6. The smallest absolute Gasteiger partial charge is 0.249 e. The Labute approximate surface area is 135 Å². The molecule has 1 heterocycles. The predicted molar refractivity (Wildman–Crippen MR) is 87.7 cm³/mol. The third-order valence-corrected chi connectivity index (χ3v) is 3.09. The molecule has 1 aromatic heterocycles. The zero-order valence-corrected chi connectivity index (χ0v) is 13.6. The van der Waals surface area contributed by atoms with Gasteiger partial charge in [-0.2, -0.15) is 5.10 Å². The predicted octanol–water partition coefficient (Wildman–Crippen LogP) is 1.50. The normalized spacial score (nSPS) is 12.5. The Morgan fingerprint density at radius 1 is 1.17 bits per heavy atom. The molecule has 0 aliphatic carbocycles. The van der Waals surface area contributed by atoms with Gasteiger partial charge in [0, 0.05) is 17.9 Å². The minimum Gasteiger partial charge on any atom is -0.350 e. The van der Waals surface area contributed by atoms with Gasteiger partial charge in [-0.3, -0.25) is 14.3 Å². The lowest BCUT2D eigenvalue weighted by atomic mass is 10.1. The van der Waals surface area contributed by atoms with Crippen LogP contribution >= 0.6 is 0 Å². The topological polar surface area (TPSA) is 76.0 Å². The second kappa shape index (κ2) is 7.09. The standard InChI is InChI=1S/C17H22N4O2/c1-17(2,3)20-14(22)12-18-16(23)15(21-11-7-10-19-21)13-8-5-4-6-9-13/h4-11,15H,12H2,1-3H3,(H,18,23)(H,20,22). The summed E-state index contributed by atoms with van der Waals surface area (Å²) < 4.78 is 1.58. The third kappa shape index (κ3) is 4.95. The number of nitrogens with zero attached hydrogens (tertiary/aromatic N) is 2. The van der Waals surface area contributed by atoms with Crippen molar-refractivity contribution in [2.45, 2.75) is 32.4 Å². The molecule has 1 atom stereocenters. The summed E-state index contributed by atoms with van der Waals surface area (Å²) in [5, 5.41) is 9.65. The number of carbonyl (C=O) groups is 2. The fraction of sp³-hybridized carbons (Fsp3) is 0.353. The number of nitrogens with one attached hydrogen (secondary N) is 2. The van der Waals surface area contributed by atoms with Gasteiger partial charge in [0.15, 0.2) is 6.04 Å². The van der Waals surface area contributed by atoms with Crippen LogP contribution in [0, 0.1) is 0 Å². The fourth-order valence-electron chi connectivity index (χ4n) is 2.22. The van der Waals surface area contributed by atoms with E-state index in [1.807, 2.05) is 51.1 Å². The first-order chi connectivity index (χ1) is 10.9. The summed E-state index contributed by atoms with van der Waals surface area (Å²) in [5.74, 6) is -0.498. The summed E-state index contributed by atoms with van der Waals surface area (Å²) in [7, 11) is 0. The first kappa shape index (κ1) is 16.7. The lowest BCUT2D eigenvalue weighted by Crippen LogP contribution is -2.47. The van der Waals surface area contributed by atoms with Crippen LogP contribution in [0.3, 0.4) is 0 Å². The lowest BCUT2D eigenvalue weighted by Gasteiger charge is -2.22. The lowest BCUT2D eigenvalue weighted by molar-refractivity contribution is -0.128. The van der Waals surface area contributed by atoms with Crippen molar-refractivity contribution < 1.29 is 9.59 Å². The van der Waals surface area contributed by atoms with Crippen LogP contribution in [0.25, 0.3) is 0 Å². The molecule has 6 heteroatoms. The first-order valence-corrected chi connectivity index (χ1v) is 7.49. The molecule has 1 unspecified atom stereocenters. The minimum absolute atomic E-state index is 0.0687. The molecule has 122 valence electrons. The van der Waals surface area contributed by atoms with E-state index in [0.29, 0.717) is 0 Å². The van der Waals surface area contributed by atoms with E-state index in [1.54, 1.807) is 23.1 Å². The average molecular weight is 314 g/mol. The molecule has 2 amide bonds. The summed E-state index contributed by atoms with van der Waals surface area (Å²) in [6.07, 6.45) is 3.35. The van der Waals surface area contributed by atoms with Gasteiger partial charge < -0.3 is 10.6 Å². The fourth-order valence-corrected chi connectivity index (χ4v) is 2.22. The van der Waals surface area contributed by atoms with Crippen LogP contribution in [0.5, 0.6) is 0 Å². The van der Waals surface area contributed by atoms with Gasteiger partial charge in [0.25, 0.3) is 0 Å². The SMILES string of the molecule is CC(C)(C)NC(=O)CNC(=O)C(c1ccccc1)n1cccn1. The van der Waals surface area contributed by atoms with Crippen LogP contribution in [-0.4, -0.2) is 33.7 Å². The number of carbonyl (C=O) groups excluding carboxylic acids is 2. The zero-order chi connectivity index (χ0) is 16.9. The maximum atomic E-state index is 12.6. The number of aromatic nitrogens is 2. The van der Waals surface area contributed by atoms with Crippen LogP contribution < -0.4 is 10.6 Å². The van der Waals surface area contributed by atoms with Crippen molar-refractivity contribution in [3.63, 3.8) is 0 Å². The molecule has 0 bridgehead atoms. The van der Waals surface area contributed by atoms with Crippen LogP contribution in [0.15, 0.2) is 48.8 Å². The van der Waals surface area contributed by atoms with E-state index < -0.39 is 6.04 Å². The second-order valence-corrected chi connectivity index (χ2v) is 6.32. The molecule has 0 saturated heterocycles. The van der Waals surface area contributed by atoms with Gasteiger partial charge in [0.05, 0.1) is 6.54 Å². The van der Waals surface area contributed by atoms with Crippen LogP contribution in [-0.2, 0) is 9.59 Å². The Kier molecular flexibility index (Phi) is 5.16. The number of hydrogen-bond acceptors (Lipinski definition) is 3. The maximum Gasteiger partial charge on any atom is 0.249 e. The average Bonchev–Trinajstić information content (AvgIpc) is 2.99. The minimum atomic E-state index is -0.603. The van der Waals surface area contributed by atoms with E-state index in [2.05, 4.69) is 15.7 Å². The van der Waals surface area contributed by atoms with Gasteiger partial charge in [-0.1, -0.05) is 30.3 Å². The molecule has 23 heavy (non-hydrogen) atoms. The molecule has 0 fully saturated rings. The van der Waals surface area contributed by atoms with Crippen molar-refractivity contribution in [3.05, 3.63) is 54.4 Å². The highest BCUT2D eigenvalue weighted by molar-refractivity contribution is 5.88. The molecule has 1 aromatic carbocycles. The van der Waals surface area contributed by atoms with E-state index in [1.165, 1.54) is 0 Å². The molecule has 2 rings (SSSR count). The van der Waals surface area contributed by atoms with Gasteiger partial charge in [-0.25, -0.2) is 0 Å². The highest BCUT2D eigenvalue weighted by atomic mass is 16.2. The largest absolute Gasteiger partial charge is 0.350 e. The van der Waals surface area contributed by atoms with Gasteiger partial charge in [0.2, 0.25) is 11.8 Å². The molecule has 0 aliphatic rings. The Hall–Kier alpha value is -2.63.